The molecule has 2 N–H and O–H groups in total. The average Bonchev–Trinajstić information content (AvgIpc) is 3.17. The molecule has 1 aliphatic rings. The highest BCUT2D eigenvalue weighted by atomic mass is 35.5. The second-order valence-electron chi connectivity index (χ2n) is 10.6. The van der Waals surface area contributed by atoms with Crippen LogP contribution in [0.3, 0.4) is 0 Å². The number of halogens is 1. The van der Waals surface area contributed by atoms with Gasteiger partial charge in [-0.25, -0.2) is 0 Å². The Labute approximate surface area is 222 Å². The van der Waals surface area contributed by atoms with Crippen LogP contribution in [0.15, 0.2) is 42.5 Å². The molecule has 1 unspecified atom stereocenters. The summed E-state index contributed by atoms with van der Waals surface area (Å²) in [4.78, 5) is 27.6. The molecule has 36 heavy (non-hydrogen) atoms. The van der Waals surface area contributed by atoms with Crippen LogP contribution >= 0.6 is 22.9 Å². The number of benzene rings is 2. The van der Waals surface area contributed by atoms with Gasteiger partial charge in [0.2, 0.25) is 0 Å². The Morgan fingerprint density at radius 1 is 1.08 bits per heavy atom. The smallest absolute Gasteiger partial charge is 0.262 e. The van der Waals surface area contributed by atoms with Crippen LogP contribution in [0.2, 0.25) is 5.02 Å². The molecule has 2 aromatic carbocycles. The van der Waals surface area contributed by atoms with E-state index in [0.29, 0.717) is 27.3 Å². The third kappa shape index (κ3) is 6.11. The van der Waals surface area contributed by atoms with Crippen LogP contribution in [0, 0.1) is 25.2 Å². The van der Waals surface area contributed by atoms with E-state index >= 15 is 0 Å². The largest absolute Gasteiger partial charge is 0.484 e. The van der Waals surface area contributed by atoms with Crippen molar-refractivity contribution in [2.75, 3.05) is 17.2 Å². The van der Waals surface area contributed by atoms with Crippen molar-refractivity contribution >= 4 is 45.4 Å². The number of ether oxygens (including phenoxy) is 1. The lowest BCUT2D eigenvalue weighted by Crippen LogP contribution is -2.27. The molecular weight excluding hydrogens is 492 g/mol. The minimum Gasteiger partial charge on any atom is -0.484 e. The standard InChI is InChI=1S/C29H33ClN2O3S/c1-17-6-13-23(18(2)14-17)31-27(34)26-22-12-7-19(29(3,4)5)15-24(22)36-28(26)32-25(33)16-35-21-10-8-20(30)9-11-21/h6,8-11,13-14,19H,7,12,15-16H2,1-5H3,(H,31,34)(H,32,33). The molecule has 5 nitrogen and oxygen atoms in total. The molecule has 0 radical (unpaired) electrons. The Morgan fingerprint density at radius 2 is 1.81 bits per heavy atom. The first-order chi connectivity index (χ1) is 17.0. The molecule has 3 aromatic rings. The first-order valence-corrected chi connectivity index (χ1v) is 13.4. The molecule has 1 heterocycles. The number of carbonyl (C=O) groups excluding carboxylic acids is 2. The fraction of sp³-hybridized carbons (Fsp3) is 0.379. The molecule has 0 bridgehead atoms. The maximum Gasteiger partial charge on any atom is 0.262 e. The monoisotopic (exact) mass is 524 g/mol. The normalized spacial score (nSPS) is 15.2. The maximum absolute atomic E-state index is 13.6. The second kappa shape index (κ2) is 10.7. The molecule has 1 aromatic heterocycles. The van der Waals surface area contributed by atoms with Gasteiger partial charge in [0.05, 0.1) is 5.56 Å². The van der Waals surface area contributed by atoms with Crippen LogP contribution in [-0.2, 0) is 17.6 Å². The third-order valence-electron chi connectivity index (χ3n) is 6.78. The molecule has 1 atom stereocenters. The number of anilines is 2. The quantitative estimate of drug-likeness (QED) is 0.352. The molecular formula is C29H33ClN2O3S. The summed E-state index contributed by atoms with van der Waals surface area (Å²) in [6.45, 7) is 10.6. The minimum absolute atomic E-state index is 0.160. The third-order valence-corrected chi connectivity index (χ3v) is 8.21. The van der Waals surface area contributed by atoms with Gasteiger partial charge in [0.25, 0.3) is 11.8 Å². The average molecular weight is 525 g/mol. The van der Waals surface area contributed by atoms with Crippen LogP contribution < -0.4 is 15.4 Å². The molecule has 0 fully saturated rings. The highest BCUT2D eigenvalue weighted by Gasteiger charge is 2.34. The lowest BCUT2D eigenvalue weighted by Gasteiger charge is -2.33. The molecule has 0 aliphatic heterocycles. The van der Waals surface area contributed by atoms with Crippen LogP contribution in [0.4, 0.5) is 10.7 Å². The van der Waals surface area contributed by atoms with E-state index in [1.807, 2.05) is 32.0 Å². The van der Waals surface area contributed by atoms with Gasteiger partial charge in [0.15, 0.2) is 6.61 Å². The summed E-state index contributed by atoms with van der Waals surface area (Å²) >= 11 is 7.43. The van der Waals surface area contributed by atoms with Gasteiger partial charge in [-0.1, -0.05) is 50.1 Å². The summed E-state index contributed by atoms with van der Waals surface area (Å²) in [5.74, 6) is 0.579. The summed E-state index contributed by atoms with van der Waals surface area (Å²) in [5, 5.41) is 7.23. The van der Waals surface area contributed by atoms with Gasteiger partial charge in [-0.3, -0.25) is 9.59 Å². The number of rotatable bonds is 6. The lowest BCUT2D eigenvalue weighted by molar-refractivity contribution is -0.118. The predicted molar refractivity (Wildman–Crippen MR) is 149 cm³/mol. The Kier molecular flexibility index (Phi) is 7.76. The van der Waals surface area contributed by atoms with E-state index in [9.17, 15) is 9.59 Å². The molecule has 4 rings (SSSR count). The number of hydrogen-bond acceptors (Lipinski definition) is 4. The van der Waals surface area contributed by atoms with Crippen molar-refractivity contribution in [2.24, 2.45) is 11.3 Å². The zero-order valence-corrected chi connectivity index (χ0v) is 23.0. The maximum atomic E-state index is 13.6. The van der Waals surface area contributed by atoms with Crippen molar-refractivity contribution in [3.8, 4) is 5.75 Å². The van der Waals surface area contributed by atoms with Crippen LogP contribution in [-0.4, -0.2) is 18.4 Å². The van der Waals surface area contributed by atoms with E-state index in [1.54, 1.807) is 24.3 Å². The Balaban J connectivity index is 1.58. The number of nitrogens with one attached hydrogen (secondary N) is 2. The summed E-state index contributed by atoms with van der Waals surface area (Å²) in [6.07, 6.45) is 2.75. The molecule has 190 valence electrons. The van der Waals surface area contributed by atoms with Crippen LogP contribution in [0.5, 0.6) is 5.75 Å². The number of thiophene rings is 1. The van der Waals surface area contributed by atoms with Crippen molar-refractivity contribution in [3.05, 3.63) is 74.6 Å². The van der Waals surface area contributed by atoms with Crippen molar-refractivity contribution in [3.63, 3.8) is 0 Å². The van der Waals surface area contributed by atoms with Crippen molar-refractivity contribution < 1.29 is 14.3 Å². The van der Waals surface area contributed by atoms with Crippen LogP contribution in [0.1, 0.15) is 59.1 Å². The summed E-state index contributed by atoms with van der Waals surface area (Å²) in [6, 6.07) is 12.8. The lowest BCUT2D eigenvalue weighted by atomic mass is 9.72. The Hall–Kier alpha value is -2.83. The zero-order chi connectivity index (χ0) is 26.0. The van der Waals surface area contributed by atoms with E-state index < -0.39 is 0 Å². The molecule has 0 spiro atoms. The van der Waals surface area contributed by atoms with Gasteiger partial charge in [0, 0.05) is 15.6 Å². The van der Waals surface area contributed by atoms with E-state index in [4.69, 9.17) is 16.3 Å². The molecule has 7 heteroatoms. The van der Waals surface area contributed by atoms with Gasteiger partial charge >= 0.3 is 0 Å². The first-order valence-electron chi connectivity index (χ1n) is 12.2. The van der Waals surface area contributed by atoms with Gasteiger partial charge in [-0.05, 0) is 85.9 Å². The van der Waals surface area contributed by atoms with E-state index in [2.05, 4.69) is 31.4 Å². The number of hydrogen-bond donors (Lipinski definition) is 2. The number of fused-ring (bicyclic) bond motifs is 1. The molecule has 0 saturated carbocycles. The Bertz CT molecular complexity index is 1270. The molecule has 1 aliphatic carbocycles. The van der Waals surface area contributed by atoms with E-state index in [1.165, 1.54) is 16.2 Å². The Morgan fingerprint density at radius 3 is 2.47 bits per heavy atom. The topological polar surface area (TPSA) is 67.4 Å². The number of carbonyl (C=O) groups is 2. The van der Waals surface area contributed by atoms with Gasteiger partial charge in [-0.15, -0.1) is 11.3 Å². The van der Waals surface area contributed by atoms with Gasteiger partial charge in [-0.2, -0.15) is 0 Å². The van der Waals surface area contributed by atoms with Crippen molar-refractivity contribution in [2.45, 2.75) is 53.9 Å². The predicted octanol–water partition coefficient (Wildman–Crippen LogP) is 7.44. The van der Waals surface area contributed by atoms with E-state index in [0.717, 1.165) is 41.6 Å². The van der Waals surface area contributed by atoms with E-state index in [-0.39, 0.29) is 23.8 Å². The summed E-state index contributed by atoms with van der Waals surface area (Å²) in [7, 11) is 0. The SMILES string of the molecule is Cc1ccc(NC(=O)c2c(NC(=O)COc3ccc(Cl)cc3)sc3c2CCC(C(C)(C)C)C3)c(C)c1. The van der Waals surface area contributed by atoms with Crippen molar-refractivity contribution in [1.29, 1.82) is 0 Å². The summed E-state index contributed by atoms with van der Waals surface area (Å²) in [5.41, 5.74) is 4.72. The highest BCUT2D eigenvalue weighted by Crippen LogP contribution is 2.44. The zero-order valence-electron chi connectivity index (χ0n) is 21.5. The molecule has 0 saturated heterocycles. The van der Waals surface area contributed by atoms with Gasteiger partial charge in [0.1, 0.15) is 10.8 Å². The fourth-order valence-corrected chi connectivity index (χ4v) is 6.10. The first kappa shape index (κ1) is 26.2. The minimum atomic E-state index is -0.309. The fourth-order valence-electron chi connectivity index (χ4n) is 4.63. The number of amides is 2. The van der Waals surface area contributed by atoms with Crippen LogP contribution in [0.25, 0.3) is 0 Å². The number of aryl methyl sites for hydroxylation is 2. The second-order valence-corrected chi connectivity index (χ2v) is 12.1. The van der Waals surface area contributed by atoms with Gasteiger partial charge < -0.3 is 15.4 Å². The summed E-state index contributed by atoms with van der Waals surface area (Å²) < 4.78 is 5.62. The molecule has 2 amide bonds. The highest BCUT2D eigenvalue weighted by molar-refractivity contribution is 7.17. The van der Waals surface area contributed by atoms with Crippen molar-refractivity contribution in [1.82, 2.24) is 0 Å².